The molecule has 2 amide bonds. The van der Waals surface area contributed by atoms with Gasteiger partial charge in [0, 0.05) is 5.69 Å². The molecule has 2 aromatic carbocycles. The van der Waals surface area contributed by atoms with E-state index < -0.39 is 12.1 Å². The van der Waals surface area contributed by atoms with E-state index in [4.69, 9.17) is 9.47 Å². The fourth-order valence-electron chi connectivity index (χ4n) is 2.75. The predicted molar refractivity (Wildman–Crippen MR) is 95.1 cm³/mol. The Bertz CT molecular complexity index is 788. The summed E-state index contributed by atoms with van der Waals surface area (Å²) in [4.78, 5) is 26.7. The van der Waals surface area contributed by atoms with Gasteiger partial charge in [0.2, 0.25) is 5.91 Å². The molecule has 6 nitrogen and oxygen atoms in total. The number of carbonyl (C=O) groups excluding carboxylic acids is 2. The quantitative estimate of drug-likeness (QED) is 0.929. The van der Waals surface area contributed by atoms with Crippen molar-refractivity contribution in [2.45, 2.75) is 26.0 Å². The SMILES string of the molecule is COc1ccc(NC(=O)C(C)N2C(=O)C(C)Oc3ccccc32)cc1. The zero-order valence-electron chi connectivity index (χ0n) is 14.4. The molecule has 0 bridgehead atoms. The van der Waals surface area contributed by atoms with E-state index in [9.17, 15) is 9.59 Å². The van der Waals surface area contributed by atoms with Gasteiger partial charge < -0.3 is 14.8 Å². The molecule has 130 valence electrons. The summed E-state index contributed by atoms with van der Waals surface area (Å²) >= 11 is 0. The summed E-state index contributed by atoms with van der Waals surface area (Å²) in [5.74, 6) is 0.786. The minimum absolute atomic E-state index is 0.240. The molecule has 1 heterocycles. The summed E-state index contributed by atoms with van der Waals surface area (Å²) in [6.07, 6.45) is -0.633. The highest BCUT2D eigenvalue weighted by Crippen LogP contribution is 2.35. The van der Waals surface area contributed by atoms with E-state index in [1.54, 1.807) is 57.4 Å². The van der Waals surface area contributed by atoms with Crippen LogP contribution in [0.15, 0.2) is 48.5 Å². The number of hydrogen-bond acceptors (Lipinski definition) is 4. The number of carbonyl (C=O) groups is 2. The van der Waals surface area contributed by atoms with E-state index in [1.807, 2.05) is 12.1 Å². The van der Waals surface area contributed by atoms with Gasteiger partial charge >= 0.3 is 0 Å². The highest BCUT2D eigenvalue weighted by Gasteiger charge is 2.36. The second kappa shape index (κ2) is 6.84. The van der Waals surface area contributed by atoms with E-state index in [0.29, 0.717) is 22.9 Å². The number of nitrogens with one attached hydrogen (secondary N) is 1. The zero-order valence-corrected chi connectivity index (χ0v) is 14.4. The highest BCUT2D eigenvalue weighted by atomic mass is 16.5. The third kappa shape index (κ3) is 3.28. The molecule has 0 aromatic heterocycles. The van der Waals surface area contributed by atoms with Crippen LogP contribution in [-0.2, 0) is 9.59 Å². The van der Waals surface area contributed by atoms with Crippen molar-refractivity contribution < 1.29 is 19.1 Å². The minimum Gasteiger partial charge on any atom is -0.497 e. The standard InChI is InChI=1S/C19H20N2O4/c1-12(18(22)20-14-8-10-15(24-3)11-9-14)21-16-6-4-5-7-17(16)25-13(2)19(21)23/h4-13H,1-3H3,(H,20,22). The molecule has 6 heteroatoms. The van der Waals surface area contributed by atoms with Gasteiger partial charge in [-0.25, -0.2) is 0 Å². The fraction of sp³-hybridized carbons (Fsp3) is 0.263. The number of methoxy groups -OCH3 is 1. The monoisotopic (exact) mass is 340 g/mol. The maximum absolute atomic E-state index is 12.7. The van der Waals surface area contributed by atoms with Gasteiger partial charge in [-0.15, -0.1) is 0 Å². The van der Waals surface area contributed by atoms with Crippen molar-refractivity contribution in [3.8, 4) is 11.5 Å². The summed E-state index contributed by atoms with van der Waals surface area (Å²) in [6.45, 7) is 3.38. The smallest absolute Gasteiger partial charge is 0.268 e. The van der Waals surface area contributed by atoms with E-state index >= 15 is 0 Å². The van der Waals surface area contributed by atoms with Crippen molar-refractivity contribution in [1.82, 2.24) is 0 Å². The lowest BCUT2D eigenvalue weighted by atomic mass is 10.1. The second-order valence-electron chi connectivity index (χ2n) is 5.83. The molecule has 0 fully saturated rings. The van der Waals surface area contributed by atoms with E-state index in [-0.39, 0.29) is 11.8 Å². The summed E-state index contributed by atoms with van der Waals surface area (Å²) in [5, 5.41) is 2.83. The van der Waals surface area contributed by atoms with Crippen LogP contribution in [0.25, 0.3) is 0 Å². The van der Waals surface area contributed by atoms with Gasteiger partial charge in [0.15, 0.2) is 6.10 Å². The Morgan fingerprint density at radius 1 is 1.20 bits per heavy atom. The van der Waals surface area contributed by atoms with E-state index in [1.165, 1.54) is 4.90 Å². The van der Waals surface area contributed by atoms with Gasteiger partial charge in [-0.1, -0.05) is 12.1 Å². The minimum atomic E-state index is -0.679. The van der Waals surface area contributed by atoms with Crippen LogP contribution in [-0.4, -0.2) is 31.1 Å². The number of anilines is 2. The van der Waals surface area contributed by atoms with Crippen LogP contribution >= 0.6 is 0 Å². The third-order valence-corrected chi connectivity index (χ3v) is 4.14. The number of fused-ring (bicyclic) bond motifs is 1. The first-order valence-electron chi connectivity index (χ1n) is 8.05. The van der Waals surface area contributed by atoms with Gasteiger partial charge in [0.25, 0.3) is 5.91 Å². The van der Waals surface area contributed by atoms with Gasteiger partial charge in [-0.2, -0.15) is 0 Å². The van der Waals surface area contributed by atoms with Crippen LogP contribution in [0.4, 0.5) is 11.4 Å². The number of nitrogens with zero attached hydrogens (tertiary/aromatic N) is 1. The Hall–Kier alpha value is -3.02. The normalized spacial score (nSPS) is 17.3. The van der Waals surface area contributed by atoms with Gasteiger partial charge in [0.1, 0.15) is 17.5 Å². The molecule has 0 radical (unpaired) electrons. The average Bonchev–Trinajstić information content (AvgIpc) is 2.63. The number of rotatable bonds is 4. The number of ether oxygens (including phenoxy) is 2. The Balaban J connectivity index is 1.82. The molecule has 2 unspecified atom stereocenters. The molecule has 1 aliphatic rings. The molecule has 3 rings (SSSR count). The third-order valence-electron chi connectivity index (χ3n) is 4.14. The first kappa shape index (κ1) is 16.8. The van der Waals surface area contributed by atoms with E-state index in [2.05, 4.69) is 5.32 Å². The number of benzene rings is 2. The molecule has 2 aromatic rings. The Kier molecular flexibility index (Phi) is 4.61. The van der Waals surface area contributed by atoms with Crippen molar-refractivity contribution in [1.29, 1.82) is 0 Å². The predicted octanol–water partition coefficient (Wildman–Crippen LogP) is 2.84. The Morgan fingerprint density at radius 2 is 1.88 bits per heavy atom. The van der Waals surface area contributed by atoms with Crippen molar-refractivity contribution in [2.24, 2.45) is 0 Å². The van der Waals surface area contributed by atoms with Crippen LogP contribution in [0.5, 0.6) is 11.5 Å². The molecular weight excluding hydrogens is 320 g/mol. The molecular formula is C19H20N2O4. The van der Waals surface area contributed by atoms with Crippen LogP contribution in [0.2, 0.25) is 0 Å². The van der Waals surface area contributed by atoms with Crippen molar-refractivity contribution in [3.05, 3.63) is 48.5 Å². The average molecular weight is 340 g/mol. The van der Waals surface area contributed by atoms with Crippen molar-refractivity contribution in [2.75, 3.05) is 17.3 Å². The molecule has 2 atom stereocenters. The van der Waals surface area contributed by atoms with Gasteiger partial charge in [-0.3, -0.25) is 14.5 Å². The fourth-order valence-corrected chi connectivity index (χ4v) is 2.75. The van der Waals surface area contributed by atoms with E-state index in [0.717, 1.165) is 0 Å². The van der Waals surface area contributed by atoms with Crippen LogP contribution in [0, 0.1) is 0 Å². The molecule has 0 saturated heterocycles. The van der Waals surface area contributed by atoms with Crippen LogP contribution in [0.1, 0.15) is 13.8 Å². The van der Waals surface area contributed by atoms with Crippen LogP contribution in [0.3, 0.4) is 0 Å². The first-order chi connectivity index (χ1) is 12.0. The maximum atomic E-state index is 12.7. The molecule has 25 heavy (non-hydrogen) atoms. The molecule has 0 spiro atoms. The topological polar surface area (TPSA) is 67.9 Å². The number of para-hydroxylation sites is 2. The lowest BCUT2D eigenvalue weighted by Gasteiger charge is -2.36. The Morgan fingerprint density at radius 3 is 2.56 bits per heavy atom. The molecule has 1 aliphatic heterocycles. The maximum Gasteiger partial charge on any atom is 0.268 e. The van der Waals surface area contributed by atoms with Crippen molar-refractivity contribution in [3.63, 3.8) is 0 Å². The lowest BCUT2D eigenvalue weighted by Crippen LogP contribution is -2.52. The summed E-state index contributed by atoms with van der Waals surface area (Å²) in [7, 11) is 1.58. The second-order valence-corrected chi connectivity index (χ2v) is 5.83. The number of amides is 2. The van der Waals surface area contributed by atoms with Crippen LogP contribution < -0.4 is 19.7 Å². The number of hydrogen-bond donors (Lipinski definition) is 1. The zero-order chi connectivity index (χ0) is 18.0. The molecule has 0 aliphatic carbocycles. The molecule has 1 N–H and O–H groups in total. The highest BCUT2D eigenvalue weighted by molar-refractivity contribution is 6.07. The summed E-state index contributed by atoms with van der Waals surface area (Å²) in [5.41, 5.74) is 1.24. The van der Waals surface area contributed by atoms with Gasteiger partial charge in [-0.05, 0) is 50.2 Å². The lowest BCUT2D eigenvalue weighted by molar-refractivity contribution is -0.128. The summed E-state index contributed by atoms with van der Waals surface area (Å²) < 4.78 is 10.7. The van der Waals surface area contributed by atoms with Gasteiger partial charge in [0.05, 0.1) is 12.8 Å². The Labute approximate surface area is 146 Å². The molecule has 0 saturated carbocycles. The van der Waals surface area contributed by atoms with Crippen molar-refractivity contribution >= 4 is 23.2 Å². The first-order valence-corrected chi connectivity index (χ1v) is 8.05. The summed E-state index contributed by atoms with van der Waals surface area (Å²) in [6, 6.07) is 13.6. The largest absolute Gasteiger partial charge is 0.497 e.